The number of aromatic nitrogens is 1. The van der Waals surface area contributed by atoms with Crippen molar-refractivity contribution in [1.82, 2.24) is 4.98 Å². The smallest absolute Gasteiger partial charge is 0.303 e. The Hall–Kier alpha value is -3.97. The number of anilines is 1. The lowest BCUT2D eigenvalue weighted by atomic mass is 9.93. The van der Waals surface area contributed by atoms with Crippen LogP contribution in [0.3, 0.4) is 0 Å². The first-order valence-corrected chi connectivity index (χ1v) is 12.8. The number of carboxylic acid groups (broad SMARTS) is 1. The summed E-state index contributed by atoms with van der Waals surface area (Å²) in [5.74, 6) is -1.12. The topological polar surface area (TPSA) is 87.6 Å². The zero-order chi connectivity index (χ0) is 24.4. The summed E-state index contributed by atoms with van der Waals surface area (Å²) in [6.07, 6.45) is 3.78. The van der Waals surface area contributed by atoms with Crippen molar-refractivity contribution >= 4 is 21.7 Å². The fourth-order valence-corrected chi connectivity index (χ4v) is 6.41. The summed E-state index contributed by atoms with van der Waals surface area (Å²) in [6, 6.07) is 25.9. The Morgan fingerprint density at radius 1 is 0.914 bits per heavy atom. The number of hydrogen-bond donors (Lipinski definition) is 1. The first-order chi connectivity index (χ1) is 16.9. The van der Waals surface area contributed by atoms with Gasteiger partial charge in [-0.05, 0) is 52.9 Å². The van der Waals surface area contributed by atoms with Gasteiger partial charge in [-0.2, -0.15) is 0 Å². The first-order valence-electron chi connectivity index (χ1n) is 11.4. The maximum atomic E-state index is 14.0. The standard InChI is InChI=1S/C28H24N2O4S/c31-28(32)15-13-23-19-30(26-14-12-21(17-25(23)26)22-9-6-16-29-18-22)35(33,34)27-11-5-4-10-24(27)20-7-2-1-3-8-20/h1-12,14,16-18,23H,13,15,19H2,(H,31,32). The number of hydrogen-bond acceptors (Lipinski definition) is 4. The van der Waals surface area contributed by atoms with Gasteiger partial charge in [0.25, 0.3) is 10.0 Å². The molecule has 1 aromatic heterocycles. The summed E-state index contributed by atoms with van der Waals surface area (Å²) in [5, 5.41) is 9.28. The minimum atomic E-state index is -3.91. The highest BCUT2D eigenvalue weighted by atomic mass is 32.2. The van der Waals surface area contributed by atoms with E-state index in [1.807, 2.05) is 72.8 Å². The van der Waals surface area contributed by atoms with E-state index in [0.29, 0.717) is 17.7 Å². The van der Waals surface area contributed by atoms with E-state index in [9.17, 15) is 18.3 Å². The van der Waals surface area contributed by atoms with Gasteiger partial charge in [0.15, 0.2) is 0 Å². The maximum Gasteiger partial charge on any atom is 0.303 e. The Morgan fingerprint density at radius 3 is 2.40 bits per heavy atom. The molecular formula is C28H24N2O4S. The van der Waals surface area contributed by atoms with Gasteiger partial charge >= 0.3 is 5.97 Å². The predicted molar refractivity (Wildman–Crippen MR) is 136 cm³/mol. The lowest BCUT2D eigenvalue weighted by Crippen LogP contribution is -2.30. The number of benzene rings is 3. The molecule has 0 radical (unpaired) electrons. The Bertz CT molecular complexity index is 1470. The van der Waals surface area contributed by atoms with E-state index < -0.39 is 16.0 Å². The van der Waals surface area contributed by atoms with Crippen LogP contribution in [0.25, 0.3) is 22.3 Å². The van der Waals surface area contributed by atoms with Gasteiger partial charge in [-0.3, -0.25) is 14.1 Å². The van der Waals surface area contributed by atoms with Crippen molar-refractivity contribution in [3.63, 3.8) is 0 Å². The van der Waals surface area contributed by atoms with Crippen molar-refractivity contribution in [2.24, 2.45) is 0 Å². The zero-order valence-electron chi connectivity index (χ0n) is 18.9. The number of rotatable bonds is 7. The molecule has 176 valence electrons. The van der Waals surface area contributed by atoms with Crippen molar-refractivity contribution in [1.29, 1.82) is 0 Å². The van der Waals surface area contributed by atoms with Gasteiger partial charge in [0.05, 0.1) is 10.6 Å². The van der Waals surface area contributed by atoms with E-state index in [-0.39, 0.29) is 23.8 Å². The van der Waals surface area contributed by atoms with Gasteiger partial charge < -0.3 is 5.11 Å². The molecule has 1 aliphatic rings. The fraction of sp³-hybridized carbons (Fsp3) is 0.143. The van der Waals surface area contributed by atoms with Gasteiger partial charge in [-0.15, -0.1) is 0 Å². The number of sulfonamides is 1. The van der Waals surface area contributed by atoms with Crippen molar-refractivity contribution in [2.45, 2.75) is 23.7 Å². The normalized spacial score (nSPS) is 15.1. The van der Waals surface area contributed by atoms with Crippen LogP contribution >= 0.6 is 0 Å². The number of nitrogens with zero attached hydrogens (tertiary/aromatic N) is 2. The Kier molecular flexibility index (Phi) is 6.09. The van der Waals surface area contributed by atoms with Gasteiger partial charge in [0.1, 0.15) is 0 Å². The summed E-state index contributed by atoms with van der Waals surface area (Å²) in [7, 11) is -3.91. The molecule has 4 aromatic rings. The van der Waals surface area contributed by atoms with E-state index in [1.165, 1.54) is 4.31 Å². The van der Waals surface area contributed by atoms with Crippen LogP contribution < -0.4 is 4.31 Å². The average Bonchev–Trinajstić information content (AvgIpc) is 3.27. The van der Waals surface area contributed by atoms with Crippen molar-refractivity contribution in [3.8, 4) is 22.3 Å². The molecule has 5 rings (SSSR count). The van der Waals surface area contributed by atoms with Gasteiger partial charge in [-0.25, -0.2) is 8.42 Å². The van der Waals surface area contributed by atoms with Crippen molar-refractivity contribution in [3.05, 3.63) is 103 Å². The lowest BCUT2D eigenvalue weighted by molar-refractivity contribution is -0.137. The molecule has 7 heteroatoms. The fourth-order valence-electron chi connectivity index (χ4n) is 4.66. The molecule has 0 aliphatic carbocycles. The SMILES string of the molecule is O=C(O)CCC1CN(S(=O)(=O)c2ccccc2-c2ccccc2)c2ccc(-c3cccnc3)cc21. The monoisotopic (exact) mass is 484 g/mol. The molecule has 1 atom stereocenters. The molecule has 0 fully saturated rings. The third-order valence-corrected chi connectivity index (χ3v) is 8.20. The molecule has 1 N–H and O–H groups in total. The molecule has 35 heavy (non-hydrogen) atoms. The highest BCUT2D eigenvalue weighted by molar-refractivity contribution is 7.93. The Balaban J connectivity index is 1.60. The van der Waals surface area contributed by atoms with Crippen LogP contribution in [0.5, 0.6) is 0 Å². The summed E-state index contributed by atoms with van der Waals surface area (Å²) in [4.78, 5) is 15.7. The first kappa shape index (κ1) is 22.8. The summed E-state index contributed by atoms with van der Waals surface area (Å²) in [5.41, 5.74) is 4.73. The van der Waals surface area contributed by atoms with Crippen LogP contribution in [0.4, 0.5) is 5.69 Å². The molecule has 3 aromatic carbocycles. The van der Waals surface area contributed by atoms with E-state index in [4.69, 9.17) is 0 Å². The highest BCUT2D eigenvalue weighted by Crippen LogP contribution is 2.44. The number of pyridine rings is 1. The van der Waals surface area contributed by atoms with Gasteiger partial charge in [0.2, 0.25) is 0 Å². The van der Waals surface area contributed by atoms with E-state index in [0.717, 1.165) is 22.3 Å². The molecule has 0 spiro atoms. The van der Waals surface area contributed by atoms with E-state index in [2.05, 4.69) is 4.98 Å². The summed E-state index contributed by atoms with van der Waals surface area (Å²) >= 11 is 0. The van der Waals surface area contributed by atoms with Crippen LogP contribution in [0.1, 0.15) is 24.3 Å². The largest absolute Gasteiger partial charge is 0.481 e. The van der Waals surface area contributed by atoms with E-state index in [1.54, 1.807) is 24.5 Å². The molecule has 1 unspecified atom stereocenters. The van der Waals surface area contributed by atoms with Crippen LogP contribution in [0, 0.1) is 0 Å². The van der Waals surface area contributed by atoms with Crippen LogP contribution in [-0.2, 0) is 14.8 Å². The second kappa shape index (κ2) is 9.35. The zero-order valence-corrected chi connectivity index (χ0v) is 19.7. The van der Waals surface area contributed by atoms with Gasteiger partial charge in [0, 0.05) is 36.8 Å². The summed E-state index contributed by atoms with van der Waals surface area (Å²) in [6.45, 7) is 0.199. The molecule has 2 heterocycles. The minimum absolute atomic E-state index is 0.0320. The third-order valence-electron chi connectivity index (χ3n) is 6.36. The lowest BCUT2D eigenvalue weighted by Gasteiger charge is -2.22. The third kappa shape index (κ3) is 4.42. The van der Waals surface area contributed by atoms with Crippen LogP contribution in [-0.4, -0.2) is 31.0 Å². The van der Waals surface area contributed by atoms with Crippen LogP contribution in [0.15, 0.2) is 102 Å². The quantitative estimate of drug-likeness (QED) is 0.370. The number of carbonyl (C=O) groups is 1. The average molecular weight is 485 g/mol. The summed E-state index contributed by atoms with van der Waals surface area (Å²) < 4.78 is 29.5. The van der Waals surface area contributed by atoms with E-state index >= 15 is 0 Å². The molecule has 6 nitrogen and oxygen atoms in total. The number of aliphatic carboxylic acids is 1. The van der Waals surface area contributed by atoms with Crippen LogP contribution in [0.2, 0.25) is 0 Å². The molecule has 0 saturated heterocycles. The van der Waals surface area contributed by atoms with Crippen molar-refractivity contribution in [2.75, 3.05) is 10.8 Å². The molecule has 0 bridgehead atoms. The second-order valence-corrected chi connectivity index (χ2v) is 10.4. The number of fused-ring (bicyclic) bond motifs is 1. The second-order valence-electron chi connectivity index (χ2n) is 8.54. The van der Waals surface area contributed by atoms with Crippen molar-refractivity contribution < 1.29 is 18.3 Å². The minimum Gasteiger partial charge on any atom is -0.481 e. The molecule has 0 saturated carbocycles. The molecular weight excluding hydrogens is 460 g/mol. The predicted octanol–water partition coefficient (Wildman–Crippen LogP) is 5.57. The Morgan fingerprint density at radius 2 is 1.66 bits per heavy atom. The Labute approximate surface area is 204 Å². The maximum absolute atomic E-state index is 14.0. The molecule has 1 aliphatic heterocycles. The number of carboxylic acids is 1. The molecule has 0 amide bonds. The highest BCUT2D eigenvalue weighted by Gasteiger charge is 2.37. The van der Waals surface area contributed by atoms with Gasteiger partial charge in [-0.1, -0.05) is 60.7 Å².